The third kappa shape index (κ3) is 3.31. The van der Waals surface area contributed by atoms with E-state index in [1.165, 1.54) is 17.2 Å². The molecule has 0 fully saturated rings. The van der Waals surface area contributed by atoms with Crippen molar-refractivity contribution < 1.29 is 9.50 Å². The number of benzene rings is 2. The summed E-state index contributed by atoms with van der Waals surface area (Å²) < 4.78 is 13.1. The van der Waals surface area contributed by atoms with Gasteiger partial charge in [0.25, 0.3) is 0 Å². The van der Waals surface area contributed by atoms with E-state index in [0.29, 0.717) is 6.54 Å². The van der Waals surface area contributed by atoms with Gasteiger partial charge in [0.2, 0.25) is 0 Å². The van der Waals surface area contributed by atoms with Crippen LogP contribution in [-0.2, 0) is 13.1 Å². The summed E-state index contributed by atoms with van der Waals surface area (Å²) >= 11 is 0. The summed E-state index contributed by atoms with van der Waals surface area (Å²) in [7, 11) is 0. The highest BCUT2D eigenvalue weighted by Crippen LogP contribution is 2.14. The number of phenolic OH excluding ortho intramolecular Hbond substituents is 1. The van der Waals surface area contributed by atoms with Crippen molar-refractivity contribution >= 4 is 0 Å². The molecule has 0 heterocycles. The third-order valence-electron chi connectivity index (χ3n) is 2.85. The van der Waals surface area contributed by atoms with Crippen LogP contribution in [0, 0.1) is 12.7 Å². The van der Waals surface area contributed by atoms with Crippen molar-refractivity contribution in [3.05, 3.63) is 65.0 Å². The maximum absolute atomic E-state index is 13.1. The van der Waals surface area contributed by atoms with E-state index in [1.807, 2.05) is 12.1 Å². The molecule has 0 aliphatic heterocycles. The molecule has 18 heavy (non-hydrogen) atoms. The fourth-order valence-corrected chi connectivity index (χ4v) is 1.89. The van der Waals surface area contributed by atoms with Gasteiger partial charge >= 0.3 is 0 Å². The lowest BCUT2D eigenvalue weighted by Crippen LogP contribution is -2.13. The van der Waals surface area contributed by atoms with Crippen molar-refractivity contribution in [3.63, 3.8) is 0 Å². The topological polar surface area (TPSA) is 32.3 Å². The van der Waals surface area contributed by atoms with Gasteiger partial charge in [0, 0.05) is 19.2 Å². The highest BCUT2D eigenvalue weighted by molar-refractivity contribution is 5.29. The third-order valence-corrected chi connectivity index (χ3v) is 2.85. The first-order valence-electron chi connectivity index (χ1n) is 5.89. The molecule has 0 atom stereocenters. The lowest BCUT2D eigenvalue weighted by atomic mass is 10.1. The van der Waals surface area contributed by atoms with Gasteiger partial charge in [-0.2, -0.15) is 0 Å². The predicted molar refractivity (Wildman–Crippen MR) is 69.8 cm³/mol. The van der Waals surface area contributed by atoms with Gasteiger partial charge in [0.15, 0.2) is 0 Å². The Balaban J connectivity index is 1.94. The van der Waals surface area contributed by atoms with Crippen LogP contribution in [0.3, 0.4) is 0 Å². The Bertz CT molecular complexity index is 520. The molecule has 0 spiro atoms. The molecule has 0 amide bonds. The monoisotopic (exact) mass is 245 g/mol. The number of phenols is 1. The average molecular weight is 245 g/mol. The molecule has 0 aliphatic carbocycles. The molecular weight excluding hydrogens is 229 g/mol. The van der Waals surface area contributed by atoms with E-state index in [9.17, 15) is 9.50 Å². The highest BCUT2D eigenvalue weighted by atomic mass is 19.1. The van der Waals surface area contributed by atoms with Crippen molar-refractivity contribution in [2.75, 3.05) is 0 Å². The van der Waals surface area contributed by atoms with Crippen molar-refractivity contribution in [2.24, 2.45) is 0 Å². The Morgan fingerprint density at radius 1 is 1.11 bits per heavy atom. The standard InChI is InChI=1S/C15H16FNO/c1-11-4-2-3-5-13(11)10-17-9-12-6-14(16)8-15(18)7-12/h2-8,17-18H,9-10H2,1H3. The van der Waals surface area contributed by atoms with Crippen LogP contribution in [0.4, 0.5) is 4.39 Å². The molecule has 0 saturated heterocycles. The van der Waals surface area contributed by atoms with E-state index in [0.717, 1.165) is 18.2 Å². The normalized spacial score (nSPS) is 10.6. The molecule has 2 nitrogen and oxygen atoms in total. The lowest BCUT2D eigenvalue weighted by molar-refractivity contribution is 0.467. The van der Waals surface area contributed by atoms with Crippen LogP contribution in [0.5, 0.6) is 5.75 Å². The van der Waals surface area contributed by atoms with Crippen LogP contribution in [0.25, 0.3) is 0 Å². The Labute approximate surface area is 106 Å². The van der Waals surface area contributed by atoms with Crippen molar-refractivity contribution in [1.29, 1.82) is 0 Å². The molecule has 2 aromatic carbocycles. The molecule has 2 N–H and O–H groups in total. The second-order valence-corrected chi connectivity index (χ2v) is 4.35. The van der Waals surface area contributed by atoms with Crippen LogP contribution in [0.15, 0.2) is 42.5 Å². The van der Waals surface area contributed by atoms with Gasteiger partial charge in [-0.25, -0.2) is 4.39 Å². The minimum atomic E-state index is -0.414. The average Bonchev–Trinajstić information content (AvgIpc) is 2.30. The van der Waals surface area contributed by atoms with Crippen LogP contribution in [0.1, 0.15) is 16.7 Å². The number of nitrogens with one attached hydrogen (secondary N) is 1. The minimum absolute atomic E-state index is 0.0392. The maximum atomic E-state index is 13.1. The van der Waals surface area contributed by atoms with Crippen molar-refractivity contribution in [1.82, 2.24) is 5.32 Å². The minimum Gasteiger partial charge on any atom is -0.508 e. The molecule has 0 radical (unpaired) electrons. The largest absolute Gasteiger partial charge is 0.508 e. The molecule has 94 valence electrons. The molecule has 2 rings (SSSR count). The van der Waals surface area contributed by atoms with E-state index in [-0.39, 0.29) is 5.75 Å². The van der Waals surface area contributed by atoms with E-state index < -0.39 is 5.82 Å². The van der Waals surface area contributed by atoms with Gasteiger partial charge in [-0.1, -0.05) is 24.3 Å². The Morgan fingerprint density at radius 3 is 2.61 bits per heavy atom. The molecule has 3 heteroatoms. The smallest absolute Gasteiger partial charge is 0.127 e. The molecule has 2 aromatic rings. The summed E-state index contributed by atoms with van der Waals surface area (Å²) in [5, 5.41) is 12.5. The van der Waals surface area contributed by atoms with E-state index in [1.54, 1.807) is 6.07 Å². The Hall–Kier alpha value is -1.87. The first-order valence-corrected chi connectivity index (χ1v) is 5.89. The zero-order valence-corrected chi connectivity index (χ0v) is 10.3. The van der Waals surface area contributed by atoms with Gasteiger partial charge in [-0.15, -0.1) is 0 Å². The summed E-state index contributed by atoms with van der Waals surface area (Å²) in [6, 6.07) is 12.2. The number of halogens is 1. The summed E-state index contributed by atoms with van der Waals surface area (Å²) in [5.74, 6) is -0.453. The second kappa shape index (κ2) is 5.65. The summed E-state index contributed by atoms with van der Waals surface area (Å²) in [5.41, 5.74) is 3.19. The highest BCUT2D eigenvalue weighted by Gasteiger charge is 2.00. The first-order chi connectivity index (χ1) is 8.65. The predicted octanol–water partition coefficient (Wildman–Crippen LogP) is 3.13. The number of hydrogen-bond acceptors (Lipinski definition) is 2. The van der Waals surface area contributed by atoms with Crippen LogP contribution < -0.4 is 5.32 Å². The van der Waals surface area contributed by atoms with Crippen LogP contribution in [0.2, 0.25) is 0 Å². The zero-order valence-electron chi connectivity index (χ0n) is 10.3. The van der Waals surface area contributed by atoms with Gasteiger partial charge in [0.1, 0.15) is 11.6 Å². The number of hydrogen-bond donors (Lipinski definition) is 2. The summed E-state index contributed by atoms with van der Waals surface area (Å²) in [4.78, 5) is 0. The van der Waals surface area contributed by atoms with Gasteiger partial charge < -0.3 is 10.4 Å². The fourth-order valence-electron chi connectivity index (χ4n) is 1.89. The fraction of sp³-hybridized carbons (Fsp3) is 0.200. The molecular formula is C15H16FNO. The number of rotatable bonds is 4. The van der Waals surface area contributed by atoms with Crippen molar-refractivity contribution in [3.8, 4) is 5.75 Å². The Morgan fingerprint density at radius 2 is 1.89 bits per heavy atom. The van der Waals surface area contributed by atoms with E-state index in [4.69, 9.17) is 0 Å². The maximum Gasteiger partial charge on any atom is 0.127 e. The number of aromatic hydroxyl groups is 1. The SMILES string of the molecule is Cc1ccccc1CNCc1cc(O)cc(F)c1. The van der Waals surface area contributed by atoms with Crippen molar-refractivity contribution in [2.45, 2.75) is 20.0 Å². The second-order valence-electron chi connectivity index (χ2n) is 4.35. The molecule has 0 unspecified atom stereocenters. The van der Waals surface area contributed by atoms with Crippen LogP contribution in [-0.4, -0.2) is 5.11 Å². The quantitative estimate of drug-likeness (QED) is 0.867. The molecule has 0 aromatic heterocycles. The van der Waals surface area contributed by atoms with Gasteiger partial charge in [0.05, 0.1) is 0 Å². The zero-order chi connectivity index (χ0) is 13.0. The van der Waals surface area contributed by atoms with E-state index >= 15 is 0 Å². The van der Waals surface area contributed by atoms with Gasteiger partial charge in [-0.3, -0.25) is 0 Å². The Kier molecular flexibility index (Phi) is 3.95. The van der Waals surface area contributed by atoms with Gasteiger partial charge in [-0.05, 0) is 35.7 Å². The first kappa shape index (κ1) is 12.6. The molecule has 0 bridgehead atoms. The molecule has 0 saturated carbocycles. The summed E-state index contributed by atoms with van der Waals surface area (Å²) in [6.45, 7) is 3.31. The summed E-state index contributed by atoms with van der Waals surface area (Å²) in [6.07, 6.45) is 0. The molecule has 0 aliphatic rings. The van der Waals surface area contributed by atoms with Crippen LogP contribution >= 0.6 is 0 Å². The number of aryl methyl sites for hydroxylation is 1. The van der Waals surface area contributed by atoms with E-state index in [2.05, 4.69) is 24.4 Å². The lowest BCUT2D eigenvalue weighted by Gasteiger charge is -2.08.